The Morgan fingerprint density at radius 3 is 1.33 bits per heavy atom. The Bertz CT molecular complexity index is 4190. The van der Waals surface area contributed by atoms with Gasteiger partial charge in [-0.3, -0.25) is 0 Å². The number of fused-ring (bicyclic) bond motifs is 9. The molecule has 340 valence electrons. The number of hydrogen-bond donors (Lipinski definition) is 0. The van der Waals surface area contributed by atoms with Gasteiger partial charge in [0.15, 0.2) is 0 Å². The first kappa shape index (κ1) is 41.8. The van der Waals surface area contributed by atoms with Gasteiger partial charge in [-0.25, -0.2) is 0 Å². The summed E-state index contributed by atoms with van der Waals surface area (Å²) in [5.41, 5.74) is 22.8. The molecule has 2 aromatic heterocycles. The smallest absolute Gasteiger partial charge is 0.0541 e. The van der Waals surface area contributed by atoms with Crippen molar-refractivity contribution in [3.63, 3.8) is 0 Å². The van der Waals surface area contributed by atoms with Crippen LogP contribution < -0.4 is 4.90 Å². The summed E-state index contributed by atoms with van der Waals surface area (Å²) in [5.74, 6) is 0. The minimum absolute atomic E-state index is 0.0507. The normalized spacial score (nSPS) is 12.7. The van der Waals surface area contributed by atoms with E-state index in [1.54, 1.807) is 0 Å². The Balaban J connectivity index is 0.957. The Labute approximate surface area is 419 Å². The van der Waals surface area contributed by atoms with E-state index in [1.807, 2.05) is 0 Å². The third-order valence-electron chi connectivity index (χ3n) is 15.3. The molecule has 0 N–H and O–H groups in total. The zero-order valence-electron chi connectivity index (χ0n) is 40.2. The van der Waals surface area contributed by atoms with E-state index < -0.39 is 0 Å². The molecule has 0 unspecified atom stereocenters. The summed E-state index contributed by atoms with van der Waals surface area (Å²) in [5, 5.41) is 4.94. The maximum atomic E-state index is 2.46. The van der Waals surface area contributed by atoms with Crippen LogP contribution in [0.25, 0.3) is 99.5 Å². The summed E-state index contributed by atoms with van der Waals surface area (Å²) >= 11 is 0. The van der Waals surface area contributed by atoms with Crippen LogP contribution in [0.2, 0.25) is 0 Å². The van der Waals surface area contributed by atoms with E-state index in [2.05, 4.69) is 289 Å². The Hall–Kier alpha value is -9.18. The molecule has 0 fully saturated rings. The fraction of sp³-hybridized carbons (Fsp3) is 0.0435. The fourth-order valence-electron chi connectivity index (χ4n) is 11.8. The molecule has 3 heteroatoms. The zero-order valence-corrected chi connectivity index (χ0v) is 40.2. The monoisotopic (exact) mass is 919 g/mol. The highest BCUT2D eigenvalue weighted by Crippen LogP contribution is 2.50. The molecule has 72 heavy (non-hydrogen) atoms. The summed E-state index contributed by atoms with van der Waals surface area (Å²) in [6.07, 6.45) is 0. The second-order valence-corrected chi connectivity index (χ2v) is 19.8. The van der Waals surface area contributed by atoms with Gasteiger partial charge in [-0.2, -0.15) is 0 Å². The summed E-state index contributed by atoms with van der Waals surface area (Å²) in [7, 11) is 0. The molecule has 2 heterocycles. The van der Waals surface area contributed by atoms with E-state index in [4.69, 9.17) is 0 Å². The van der Waals surface area contributed by atoms with Crippen molar-refractivity contribution in [1.29, 1.82) is 0 Å². The van der Waals surface area contributed by atoms with Gasteiger partial charge in [-0.05, 0) is 171 Å². The molecule has 0 bridgehead atoms. The van der Waals surface area contributed by atoms with Crippen molar-refractivity contribution in [2.75, 3.05) is 4.90 Å². The predicted molar refractivity (Wildman–Crippen MR) is 304 cm³/mol. The Kier molecular flexibility index (Phi) is 9.56. The molecule has 13 aromatic rings. The number of anilines is 3. The zero-order chi connectivity index (χ0) is 47.9. The molecule has 0 saturated heterocycles. The second-order valence-electron chi connectivity index (χ2n) is 19.8. The predicted octanol–water partition coefficient (Wildman–Crippen LogP) is 18.7. The van der Waals surface area contributed by atoms with Crippen LogP contribution in [0.4, 0.5) is 17.1 Å². The summed E-state index contributed by atoms with van der Waals surface area (Å²) in [6, 6.07) is 96.0. The van der Waals surface area contributed by atoms with Gasteiger partial charge in [0, 0.05) is 55.4 Å². The highest BCUT2D eigenvalue weighted by molar-refractivity contribution is 6.12. The lowest BCUT2D eigenvalue weighted by atomic mass is 9.82. The number of benzene rings is 11. The molecule has 0 amide bonds. The number of para-hydroxylation sites is 5. The van der Waals surface area contributed by atoms with E-state index in [0.29, 0.717) is 0 Å². The first-order chi connectivity index (χ1) is 35.5. The quantitative estimate of drug-likeness (QED) is 0.148. The van der Waals surface area contributed by atoms with E-state index in [-0.39, 0.29) is 5.41 Å². The standard InChI is InChI=1S/C69H49N3/c1-69(2)63-30-15-12-27-57(63)60-45-56(35-36-64(60)69)72-66-32-17-14-29-59(66)62-44-48(34-38-68(62)72)51-40-49(46-19-18-26-55(42-46)70(52-20-6-3-7-21-52)53-22-8-4-9-23-53)39-50(41-51)47-33-37-67-61(43-47)58-28-13-16-31-65(58)71(67)54-24-10-5-11-25-54/h3-45H,1-2H3. The Morgan fingerprint density at radius 2 is 0.736 bits per heavy atom. The highest BCUT2D eigenvalue weighted by atomic mass is 15.1. The van der Waals surface area contributed by atoms with Crippen LogP contribution in [0.15, 0.2) is 261 Å². The first-order valence-electron chi connectivity index (χ1n) is 25.0. The van der Waals surface area contributed by atoms with E-state index in [9.17, 15) is 0 Å². The van der Waals surface area contributed by atoms with E-state index in [1.165, 1.54) is 82.7 Å². The third kappa shape index (κ3) is 6.66. The van der Waals surface area contributed by atoms with Crippen LogP contribution in [0.1, 0.15) is 25.0 Å². The highest BCUT2D eigenvalue weighted by Gasteiger charge is 2.35. The second kappa shape index (κ2) is 16.5. The summed E-state index contributed by atoms with van der Waals surface area (Å²) in [6.45, 7) is 4.70. The minimum Gasteiger partial charge on any atom is -0.310 e. The van der Waals surface area contributed by atoms with E-state index >= 15 is 0 Å². The number of nitrogens with zero attached hydrogens (tertiary/aromatic N) is 3. The summed E-state index contributed by atoms with van der Waals surface area (Å²) < 4.78 is 4.85. The van der Waals surface area contributed by atoms with Gasteiger partial charge in [0.1, 0.15) is 0 Å². The van der Waals surface area contributed by atoms with Crippen molar-refractivity contribution < 1.29 is 0 Å². The van der Waals surface area contributed by atoms with Gasteiger partial charge in [0.2, 0.25) is 0 Å². The molecule has 0 saturated carbocycles. The van der Waals surface area contributed by atoms with Gasteiger partial charge >= 0.3 is 0 Å². The van der Waals surface area contributed by atoms with Crippen molar-refractivity contribution in [3.05, 3.63) is 272 Å². The fourth-order valence-corrected chi connectivity index (χ4v) is 11.8. The summed E-state index contributed by atoms with van der Waals surface area (Å²) in [4.78, 5) is 2.34. The lowest BCUT2D eigenvalue weighted by molar-refractivity contribution is 0.660. The van der Waals surface area contributed by atoms with Gasteiger partial charge in [0.25, 0.3) is 0 Å². The maximum Gasteiger partial charge on any atom is 0.0541 e. The van der Waals surface area contributed by atoms with Gasteiger partial charge in [-0.1, -0.05) is 159 Å². The van der Waals surface area contributed by atoms with Gasteiger partial charge in [-0.15, -0.1) is 0 Å². The molecule has 0 radical (unpaired) electrons. The van der Waals surface area contributed by atoms with Crippen molar-refractivity contribution in [2.45, 2.75) is 19.3 Å². The van der Waals surface area contributed by atoms with Crippen LogP contribution in [0, 0.1) is 0 Å². The van der Waals surface area contributed by atoms with Gasteiger partial charge < -0.3 is 14.0 Å². The molecule has 14 rings (SSSR count). The maximum absolute atomic E-state index is 2.46. The lowest BCUT2D eigenvalue weighted by Crippen LogP contribution is -2.14. The lowest BCUT2D eigenvalue weighted by Gasteiger charge is -2.26. The molecule has 11 aromatic carbocycles. The molecule has 1 aliphatic rings. The van der Waals surface area contributed by atoms with Crippen molar-refractivity contribution in [2.24, 2.45) is 0 Å². The Morgan fingerprint density at radius 1 is 0.278 bits per heavy atom. The third-order valence-corrected chi connectivity index (χ3v) is 15.3. The SMILES string of the molecule is CC1(C)c2ccccc2-c2cc(-n3c4ccccc4c4cc(-c5cc(-c6cccc(N(c7ccccc7)c7ccccc7)c6)cc(-c6ccc7c(c6)c6ccccc6n7-c6ccccc6)c5)ccc43)ccc21. The van der Waals surface area contributed by atoms with Crippen molar-refractivity contribution >= 4 is 60.7 Å². The average Bonchev–Trinajstić information content (AvgIpc) is 4.04. The number of aromatic nitrogens is 2. The van der Waals surface area contributed by atoms with Gasteiger partial charge in [0.05, 0.1) is 22.1 Å². The molecule has 1 aliphatic carbocycles. The molecular formula is C69H49N3. The molecule has 0 spiro atoms. The minimum atomic E-state index is -0.0507. The largest absolute Gasteiger partial charge is 0.310 e. The first-order valence-corrected chi connectivity index (χ1v) is 25.0. The van der Waals surface area contributed by atoms with Crippen LogP contribution >= 0.6 is 0 Å². The molecule has 3 nitrogen and oxygen atoms in total. The molecule has 0 aliphatic heterocycles. The van der Waals surface area contributed by atoms with Crippen LogP contribution in [-0.4, -0.2) is 9.13 Å². The van der Waals surface area contributed by atoms with Crippen LogP contribution in [-0.2, 0) is 5.41 Å². The van der Waals surface area contributed by atoms with Crippen molar-refractivity contribution in [3.8, 4) is 55.9 Å². The molecular weight excluding hydrogens is 871 g/mol. The van der Waals surface area contributed by atoms with Crippen LogP contribution in [0.5, 0.6) is 0 Å². The topological polar surface area (TPSA) is 13.1 Å². The molecule has 0 atom stereocenters. The van der Waals surface area contributed by atoms with Crippen molar-refractivity contribution in [1.82, 2.24) is 9.13 Å². The average molecular weight is 920 g/mol. The number of rotatable bonds is 8. The number of hydrogen-bond acceptors (Lipinski definition) is 1. The van der Waals surface area contributed by atoms with Crippen LogP contribution in [0.3, 0.4) is 0 Å². The van der Waals surface area contributed by atoms with E-state index in [0.717, 1.165) is 45.0 Å².